The van der Waals surface area contributed by atoms with E-state index in [1.165, 1.54) is 0 Å². The summed E-state index contributed by atoms with van der Waals surface area (Å²) in [4.78, 5) is 2.08. The molecular formula is C13H9Cl2NOS. The van der Waals surface area contributed by atoms with Gasteiger partial charge in [-0.25, -0.2) is 0 Å². The van der Waals surface area contributed by atoms with Gasteiger partial charge in [-0.1, -0.05) is 47.1 Å². The zero-order valence-electron chi connectivity index (χ0n) is 9.46. The molecule has 0 bridgehead atoms. The molecule has 3 rings (SSSR count). The monoisotopic (exact) mass is 297 g/mol. The molecule has 1 aliphatic heterocycles. The van der Waals surface area contributed by atoms with Crippen LogP contribution in [0.2, 0.25) is 10.0 Å². The van der Waals surface area contributed by atoms with Gasteiger partial charge in [-0.05, 0) is 18.2 Å². The molecule has 0 radical (unpaired) electrons. The van der Waals surface area contributed by atoms with Crippen LogP contribution in [0.4, 0.5) is 11.4 Å². The molecule has 0 aromatic heterocycles. The Labute approximate surface area is 119 Å². The van der Waals surface area contributed by atoms with Crippen molar-refractivity contribution in [3.8, 4) is 5.75 Å². The van der Waals surface area contributed by atoms with E-state index in [1.807, 2.05) is 30.3 Å². The molecule has 0 saturated heterocycles. The smallest absolute Gasteiger partial charge is 0.157 e. The van der Waals surface area contributed by atoms with E-state index in [0.29, 0.717) is 15.8 Å². The van der Waals surface area contributed by atoms with Gasteiger partial charge in [0.05, 0.1) is 28.4 Å². The molecule has 2 aromatic carbocycles. The number of rotatable bonds is 1. The molecule has 1 N–H and O–H groups in total. The molecule has 0 atom stereocenters. The molecule has 92 valence electrons. The Hall–Kier alpha value is -1.03. The number of ether oxygens (including phenoxy) is 1. The molecule has 1 aliphatic rings. The predicted octanol–water partition coefficient (Wildman–Crippen LogP) is 5.21. The molecule has 0 unspecified atom stereocenters. The third-order valence-electron chi connectivity index (χ3n) is 2.70. The molecular weight excluding hydrogens is 289 g/mol. The Bertz CT molecular complexity index is 631. The van der Waals surface area contributed by atoms with Gasteiger partial charge >= 0.3 is 0 Å². The Morgan fingerprint density at radius 3 is 2.72 bits per heavy atom. The summed E-state index contributed by atoms with van der Waals surface area (Å²) < 4.78 is 5.22. The molecule has 0 fully saturated rings. The van der Waals surface area contributed by atoms with E-state index in [-0.39, 0.29) is 0 Å². The van der Waals surface area contributed by atoms with Gasteiger partial charge in [0.2, 0.25) is 0 Å². The van der Waals surface area contributed by atoms with Crippen LogP contribution in [0.1, 0.15) is 0 Å². The minimum absolute atomic E-state index is 0.508. The number of nitrogens with one attached hydrogen (secondary N) is 1. The molecule has 0 spiro atoms. The van der Waals surface area contributed by atoms with Gasteiger partial charge in [0.1, 0.15) is 5.02 Å². The van der Waals surface area contributed by atoms with E-state index in [1.54, 1.807) is 18.9 Å². The second-order valence-electron chi connectivity index (χ2n) is 3.81. The summed E-state index contributed by atoms with van der Waals surface area (Å²) in [7, 11) is 1.56. The fraction of sp³-hybridized carbons (Fsp3) is 0.0769. The van der Waals surface area contributed by atoms with Crippen molar-refractivity contribution in [3.05, 3.63) is 40.4 Å². The van der Waals surface area contributed by atoms with Crippen molar-refractivity contribution in [3.63, 3.8) is 0 Å². The molecule has 5 heteroatoms. The van der Waals surface area contributed by atoms with Crippen molar-refractivity contribution < 1.29 is 4.74 Å². The fourth-order valence-corrected chi connectivity index (χ4v) is 3.60. The highest BCUT2D eigenvalue weighted by molar-refractivity contribution is 7.99. The number of fused-ring (bicyclic) bond motifs is 2. The SMILES string of the molecule is COc1c(Cl)cc2c(c1Cl)Sc1ccccc1N2. The maximum Gasteiger partial charge on any atom is 0.157 e. The second kappa shape index (κ2) is 4.57. The van der Waals surface area contributed by atoms with Gasteiger partial charge in [-0.3, -0.25) is 0 Å². The lowest BCUT2D eigenvalue weighted by Crippen LogP contribution is -2.01. The van der Waals surface area contributed by atoms with E-state index in [4.69, 9.17) is 27.9 Å². The Balaban J connectivity index is 2.16. The van der Waals surface area contributed by atoms with Crippen molar-refractivity contribution in [2.75, 3.05) is 12.4 Å². The lowest BCUT2D eigenvalue weighted by atomic mass is 10.2. The van der Waals surface area contributed by atoms with Gasteiger partial charge in [0.25, 0.3) is 0 Å². The van der Waals surface area contributed by atoms with E-state index >= 15 is 0 Å². The van der Waals surface area contributed by atoms with Gasteiger partial charge in [-0.2, -0.15) is 0 Å². The third kappa shape index (κ3) is 1.83. The largest absolute Gasteiger partial charge is 0.494 e. The lowest BCUT2D eigenvalue weighted by Gasteiger charge is -2.23. The molecule has 0 aliphatic carbocycles. The summed E-state index contributed by atoms with van der Waals surface area (Å²) in [6.07, 6.45) is 0. The highest BCUT2D eigenvalue weighted by Crippen LogP contribution is 2.51. The van der Waals surface area contributed by atoms with Crippen LogP contribution in [0.15, 0.2) is 40.1 Å². The summed E-state index contributed by atoms with van der Waals surface area (Å²) in [6, 6.07) is 9.90. The predicted molar refractivity (Wildman–Crippen MR) is 76.9 cm³/mol. The van der Waals surface area contributed by atoms with Crippen LogP contribution in [0.25, 0.3) is 0 Å². The third-order valence-corrected chi connectivity index (χ3v) is 4.66. The average Bonchev–Trinajstić information content (AvgIpc) is 2.37. The van der Waals surface area contributed by atoms with Crippen LogP contribution in [-0.4, -0.2) is 7.11 Å². The maximum atomic E-state index is 6.33. The van der Waals surface area contributed by atoms with Crippen molar-refractivity contribution in [2.45, 2.75) is 9.79 Å². The van der Waals surface area contributed by atoms with E-state index in [2.05, 4.69) is 5.32 Å². The zero-order valence-corrected chi connectivity index (χ0v) is 11.8. The van der Waals surface area contributed by atoms with Crippen LogP contribution in [0.3, 0.4) is 0 Å². The Morgan fingerprint density at radius 2 is 1.94 bits per heavy atom. The summed E-state index contributed by atoms with van der Waals surface area (Å²) >= 11 is 14.1. The number of para-hydroxylation sites is 1. The number of benzene rings is 2. The summed E-state index contributed by atoms with van der Waals surface area (Å²) in [5.41, 5.74) is 1.97. The molecule has 1 heterocycles. The fourth-order valence-electron chi connectivity index (χ4n) is 1.88. The highest BCUT2D eigenvalue weighted by Gasteiger charge is 2.22. The lowest BCUT2D eigenvalue weighted by molar-refractivity contribution is 0.414. The van der Waals surface area contributed by atoms with Crippen LogP contribution in [-0.2, 0) is 0 Å². The quantitative estimate of drug-likeness (QED) is 0.666. The minimum atomic E-state index is 0.508. The summed E-state index contributed by atoms with van der Waals surface area (Å²) in [5.74, 6) is 0.519. The topological polar surface area (TPSA) is 21.3 Å². The van der Waals surface area contributed by atoms with Crippen molar-refractivity contribution in [1.29, 1.82) is 0 Å². The zero-order chi connectivity index (χ0) is 12.7. The molecule has 2 aromatic rings. The van der Waals surface area contributed by atoms with Crippen molar-refractivity contribution in [1.82, 2.24) is 0 Å². The molecule has 18 heavy (non-hydrogen) atoms. The van der Waals surface area contributed by atoms with Gasteiger partial charge in [-0.15, -0.1) is 0 Å². The average molecular weight is 298 g/mol. The van der Waals surface area contributed by atoms with Gasteiger partial charge in [0, 0.05) is 4.90 Å². The number of methoxy groups -OCH3 is 1. The first-order valence-corrected chi connectivity index (χ1v) is 6.88. The normalized spacial score (nSPS) is 12.4. The molecule has 2 nitrogen and oxygen atoms in total. The Kier molecular flexibility index (Phi) is 3.06. The van der Waals surface area contributed by atoms with E-state index < -0.39 is 0 Å². The molecule has 0 amide bonds. The van der Waals surface area contributed by atoms with Crippen LogP contribution in [0.5, 0.6) is 5.75 Å². The van der Waals surface area contributed by atoms with Crippen molar-refractivity contribution in [2.24, 2.45) is 0 Å². The number of anilines is 2. The van der Waals surface area contributed by atoms with Crippen LogP contribution < -0.4 is 10.1 Å². The van der Waals surface area contributed by atoms with E-state index in [9.17, 15) is 0 Å². The first-order valence-electron chi connectivity index (χ1n) is 5.30. The second-order valence-corrected chi connectivity index (χ2v) is 5.64. The van der Waals surface area contributed by atoms with Gasteiger partial charge in [0.15, 0.2) is 5.75 Å². The first kappa shape index (κ1) is 12.0. The van der Waals surface area contributed by atoms with Gasteiger partial charge < -0.3 is 10.1 Å². The molecule has 0 saturated carbocycles. The summed E-state index contributed by atoms with van der Waals surface area (Å²) in [5, 5.41) is 4.38. The van der Waals surface area contributed by atoms with Crippen LogP contribution >= 0.6 is 35.0 Å². The van der Waals surface area contributed by atoms with E-state index in [0.717, 1.165) is 21.2 Å². The van der Waals surface area contributed by atoms with Crippen LogP contribution in [0, 0.1) is 0 Å². The minimum Gasteiger partial charge on any atom is -0.494 e. The summed E-state index contributed by atoms with van der Waals surface area (Å²) in [6.45, 7) is 0. The number of hydrogen-bond acceptors (Lipinski definition) is 3. The van der Waals surface area contributed by atoms with Crippen molar-refractivity contribution >= 4 is 46.3 Å². The first-order chi connectivity index (χ1) is 8.70. The maximum absolute atomic E-state index is 6.33. The highest BCUT2D eigenvalue weighted by atomic mass is 35.5. The standard InChI is InChI=1S/C13H9Cl2NOS/c1-17-12-7(14)6-9-13(11(12)15)18-10-5-3-2-4-8(10)16-9/h2-6,16H,1H3. The Morgan fingerprint density at radius 1 is 1.17 bits per heavy atom. The number of halogens is 2. The number of hydrogen-bond donors (Lipinski definition) is 1.